The van der Waals surface area contributed by atoms with Gasteiger partial charge < -0.3 is 10.7 Å². The lowest BCUT2D eigenvalue weighted by Gasteiger charge is -2.05. The van der Waals surface area contributed by atoms with Crippen molar-refractivity contribution in [1.82, 2.24) is 5.32 Å². The van der Waals surface area contributed by atoms with E-state index in [9.17, 15) is 0 Å². The minimum atomic E-state index is 0.276. The molecule has 0 rings (SSSR count). The van der Waals surface area contributed by atoms with Crippen molar-refractivity contribution in [2.75, 3.05) is 0 Å². The molecule has 0 aromatic carbocycles. The zero-order chi connectivity index (χ0) is 14.8. The molecule has 0 saturated carbocycles. The molecule has 0 saturated heterocycles. The van der Waals surface area contributed by atoms with Crippen LogP contribution in [0.25, 0.3) is 0 Å². The van der Waals surface area contributed by atoms with Crippen LogP contribution in [0.5, 0.6) is 0 Å². The maximum absolute atomic E-state index is 8.75. The second-order valence-corrected chi connectivity index (χ2v) is 4.65. The summed E-state index contributed by atoms with van der Waals surface area (Å²) in [7, 11) is 0. The zero-order valence-corrected chi connectivity index (χ0v) is 12.4. The molecule has 0 aliphatic heterocycles. The fourth-order valence-electron chi connectivity index (χ4n) is 1.02. The van der Waals surface area contributed by atoms with E-state index in [-0.39, 0.29) is 5.71 Å². The Labute approximate surface area is 120 Å². The van der Waals surface area contributed by atoms with Crippen molar-refractivity contribution in [3.8, 4) is 6.07 Å². The molecule has 1 atom stereocenters. The Morgan fingerprint density at radius 3 is 2.68 bits per heavy atom. The molecule has 0 amide bonds. The first-order chi connectivity index (χ1) is 8.90. The third-order valence-electron chi connectivity index (χ3n) is 2.45. The van der Waals surface area contributed by atoms with Gasteiger partial charge in [0.1, 0.15) is 0 Å². The Balaban J connectivity index is 5.00. The minimum absolute atomic E-state index is 0.276. The summed E-state index contributed by atoms with van der Waals surface area (Å²) in [6.07, 6.45) is 8.14. The minimum Gasteiger partial charge on any atom is -0.360 e. The number of hydrogen-bond donors (Lipinski definition) is 2. The normalized spacial score (nSPS) is 14.1. The molecule has 0 aliphatic rings. The van der Waals surface area contributed by atoms with Gasteiger partial charge in [0.2, 0.25) is 0 Å². The third-order valence-corrected chi connectivity index (χ3v) is 2.84. The van der Waals surface area contributed by atoms with Gasteiger partial charge in [0.15, 0.2) is 0 Å². The average molecular weight is 278 g/mol. The molecule has 0 heterocycles. The predicted octanol–water partition coefficient (Wildman–Crippen LogP) is 4.26. The Hall–Kier alpha value is -1.79. The smallest absolute Gasteiger partial charge is 0.0986 e. The summed E-state index contributed by atoms with van der Waals surface area (Å²) < 4.78 is 0. The van der Waals surface area contributed by atoms with Gasteiger partial charge in [0.25, 0.3) is 0 Å². The molecular weight excluding hydrogens is 258 g/mol. The van der Waals surface area contributed by atoms with Gasteiger partial charge in [-0.3, -0.25) is 0 Å². The SMILES string of the molecule is C=C(C#N)/C=C(\C=C/C(C)CC)N/C=C(/Cl)C(C)=N. The van der Waals surface area contributed by atoms with Gasteiger partial charge >= 0.3 is 0 Å². The first-order valence-corrected chi connectivity index (χ1v) is 6.45. The van der Waals surface area contributed by atoms with Crippen LogP contribution in [0.3, 0.4) is 0 Å². The highest BCUT2D eigenvalue weighted by molar-refractivity contribution is 6.42. The second kappa shape index (κ2) is 9.18. The molecule has 0 spiro atoms. The van der Waals surface area contributed by atoms with Crippen LogP contribution in [0.1, 0.15) is 27.2 Å². The molecule has 0 fully saturated rings. The Morgan fingerprint density at radius 1 is 1.58 bits per heavy atom. The Kier molecular flexibility index (Phi) is 8.32. The number of rotatable bonds is 7. The van der Waals surface area contributed by atoms with Crippen LogP contribution < -0.4 is 5.32 Å². The fraction of sp³-hybridized carbons (Fsp3) is 0.333. The van der Waals surface area contributed by atoms with Crippen LogP contribution in [0.15, 0.2) is 47.3 Å². The monoisotopic (exact) mass is 277 g/mol. The van der Waals surface area contributed by atoms with Crippen molar-refractivity contribution in [3.63, 3.8) is 0 Å². The lowest BCUT2D eigenvalue weighted by atomic mass is 10.1. The number of halogens is 1. The van der Waals surface area contributed by atoms with Gasteiger partial charge in [0, 0.05) is 23.2 Å². The molecular formula is C15H20ClN3. The third kappa shape index (κ3) is 8.01. The molecule has 19 heavy (non-hydrogen) atoms. The van der Waals surface area contributed by atoms with Crippen molar-refractivity contribution in [1.29, 1.82) is 10.7 Å². The first kappa shape index (κ1) is 17.2. The van der Waals surface area contributed by atoms with Crippen LogP contribution in [-0.4, -0.2) is 5.71 Å². The first-order valence-electron chi connectivity index (χ1n) is 6.07. The van der Waals surface area contributed by atoms with E-state index in [1.807, 2.05) is 18.2 Å². The van der Waals surface area contributed by atoms with Crippen molar-refractivity contribution in [3.05, 3.63) is 47.3 Å². The van der Waals surface area contributed by atoms with Gasteiger partial charge in [-0.2, -0.15) is 5.26 Å². The van der Waals surface area contributed by atoms with Crippen LogP contribution in [0.4, 0.5) is 0 Å². The maximum atomic E-state index is 8.75. The maximum Gasteiger partial charge on any atom is 0.0986 e. The summed E-state index contributed by atoms with van der Waals surface area (Å²) in [5.41, 5.74) is 1.34. The molecule has 0 aromatic heterocycles. The Morgan fingerprint density at radius 2 is 2.21 bits per heavy atom. The van der Waals surface area contributed by atoms with Crippen LogP contribution in [0, 0.1) is 22.7 Å². The summed E-state index contributed by atoms with van der Waals surface area (Å²) in [4.78, 5) is 0. The lowest BCUT2D eigenvalue weighted by Crippen LogP contribution is -2.06. The summed E-state index contributed by atoms with van der Waals surface area (Å²) in [6, 6.07) is 1.97. The summed E-state index contributed by atoms with van der Waals surface area (Å²) >= 11 is 5.86. The van der Waals surface area contributed by atoms with Crippen LogP contribution >= 0.6 is 11.6 Å². The van der Waals surface area contributed by atoms with Crippen molar-refractivity contribution in [2.24, 2.45) is 5.92 Å². The highest BCUT2D eigenvalue weighted by Crippen LogP contribution is 2.07. The van der Waals surface area contributed by atoms with E-state index in [1.54, 1.807) is 13.0 Å². The summed E-state index contributed by atoms with van der Waals surface area (Å²) in [5, 5.41) is 19.4. The topological polar surface area (TPSA) is 59.7 Å². The number of hydrogen-bond acceptors (Lipinski definition) is 3. The van der Waals surface area contributed by atoms with Crippen molar-refractivity contribution < 1.29 is 0 Å². The van der Waals surface area contributed by atoms with Gasteiger partial charge in [-0.1, -0.05) is 44.5 Å². The summed E-state index contributed by atoms with van der Waals surface area (Å²) in [5.74, 6) is 0.449. The van der Waals surface area contributed by atoms with Crippen LogP contribution in [-0.2, 0) is 0 Å². The Bertz CT molecular complexity index is 464. The molecule has 4 heteroatoms. The van der Waals surface area contributed by atoms with E-state index in [0.29, 0.717) is 22.2 Å². The molecule has 0 bridgehead atoms. The quantitative estimate of drug-likeness (QED) is 0.415. The van der Waals surface area contributed by atoms with E-state index in [2.05, 4.69) is 25.7 Å². The van der Waals surface area contributed by atoms with Gasteiger partial charge in [0.05, 0.1) is 11.1 Å². The molecule has 0 aromatic rings. The number of nitriles is 1. The standard InChI is InChI=1S/C15H20ClN3/c1-5-11(2)6-7-14(8-12(3)9-17)19-10-15(16)13(4)18/h6-8,10-11,18-19H,3,5H2,1-2,4H3/b7-6-,14-8+,15-10+,18-13?. The highest BCUT2D eigenvalue weighted by Gasteiger charge is 1.97. The van der Waals surface area contributed by atoms with Gasteiger partial charge in [-0.05, 0) is 25.0 Å². The molecule has 1 unspecified atom stereocenters. The van der Waals surface area contributed by atoms with E-state index in [4.69, 9.17) is 22.3 Å². The van der Waals surface area contributed by atoms with E-state index >= 15 is 0 Å². The number of nitrogens with one attached hydrogen (secondary N) is 2. The summed E-state index contributed by atoms with van der Waals surface area (Å²) in [6.45, 7) is 9.43. The van der Waals surface area contributed by atoms with E-state index < -0.39 is 0 Å². The van der Waals surface area contributed by atoms with E-state index in [0.717, 1.165) is 6.42 Å². The molecule has 0 radical (unpaired) electrons. The van der Waals surface area contributed by atoms with E-state index in [1.165, 1.54) is 6.20 Å². The predicted molar refractivity (Wildman–Crippen MR) is 81.9 cm³/mol. The van der Waals surface area contributed by atoms with Crippen LogP contribution in [0.2, 0.25) is 0 Å². The average Bonchev–Trinajstić information content (AvgIpc) is 2.40. The largest absolute Gasteiger partial charge is 0.360 e. The molecule has 2 N–H and O–H groups in total. The molecule has 102 valence electrons. The second-order valence-electron chi connectivity index (χ2n) is 4.24. The fourth-order valence-corrected chi connectivity index (χ4v) is 1.07. The van der Waals surface area contributed by atoms with Gasteiger partial charge in [-0.15, -0.1) is 0 Å². The molecule has 3 nitrogen and oxygen atoms in total. The lowest BCUT2D eigenvalue weighted by molar-refractivity contribution is 0.697. The number of allylic oxidation sites excluding steroid dienone is 5. The van der Waals surface area contributed by atoms with Crippen molar-refractivity contribution in [2.45, 2.75) is 27.2 Å². The highest BCUT2D eigenvalue weighted by atomic mass is 35.5. The van der Waals surface area contributed by atoms with Gasteiger partial charge in [-0.25, -0.2) is 0 Å². The zero-order valence-electron chi connectivity index (χ0n) is 11.6. The van der Waals surface area contributed by atoms with Crippen molar-refractivity contribution >= 4 is 17.3 Å². The number of nitrogens with zero attached hydrogens (tertiary/aromatic N) is 1. The molecule has 0 aliphatic carbocycles.